The highest BCUT2D eigenvalue weighted by atomic mass is 16.7. The summed E-state index contributed by atoms with van der Waals surface area (Å²) in [5.41, 5.74) is 2.93. The molecule has 4 aromatic carbocycles. The van der Waals surface area contributed by atoms with Crippen LogP contribution < -0.4 is 24.5 Å². The Labute approximate surface area is 341 Å². The number of fused-ring (bicyclic) bond motifs is 5. The Morgan fingerprint density at radius 3 is 1.51 bits per heavy atom. The second-order valence-corrected chi connectivity index (χ2v) is 12.1. The number of amides is 6. The predicted octanol–water partition coefficient (Wildman–Crippen LogP) is 5.36. The summed E-state index contributed by atoms with van der Waals surface area (Å²) in [6, 6.07) is 20.2. The van der Waals surface area contributed by atoms with E-state index >= 15 is 0 Å². The molecule has 0 spiro atoms. The number of carbonyl (C=O) groups is 6. The van der Waals surface area contributed by atoms with E-state index in [1.807, 2.05) is 12.1 Å². The van der Waals surface area contributed by atoms with Crippen LogP contribution in [-0.2, 0) is 7.05 Å². The summed E-state index contributed by atoms with van der Waals surface area (Å²) >= 11 is 0. The Morgan fingerprint density at radius 1 is 0.542 bits per heavy atom. The van der Waals surface area contributed by atoms with Crippen molar-refractivity contribution < 1.29 is 47.7 Å². The molecule has 0 radical (unpaired) electrons. The number of rotatable bonds is 2. The SMILES string of the molecule is C.C.C.C.CN1C(=O)c2cc3c(cc2C1=O)OCO3.CN1C(=O)c2ccccc2C1=O.COc1cc(OC)c2c(c1)C(=O)N(C)C2=O.Cn1nnc2ccccc2c1=O. The molecule has 0 atom stereocenters. The summed E-state index contributed by atoms with van der Waals surface area (Å²) in [6.45, 7) is 0.135. The monoisotopic (exact) mass is 812 g/mol. The third kappa shape index (κ3) is 8.63. The average Bonchev–Trinajstić information content (AvgIpc) is 3.89. The van der Waals surface area contributed by atoms with Crippen molar-refractivity contribution in [2.75, 3.05) is 42.2 Å². The van der Waals surface area contributed by atoms with Crippen LogP contribution in [-0.4, -0.2) is 107 Å². The van der Waals surface area contributed by atoms with Gasteiger partial charge in [0.2, 0.25) is 6.79 Å². The van der Waals surface area contributed by atoms with E-state index in [-0.39, 0.29) is 77.5 Å². The molecular weight excluding hydrogens is 764 g/mol. The lowest BCUT2D eigenvalue weighted by molar-refractivity contribution is 0.0677. The Bertz CT molecular complexity index is 2440. The van der Waals surface area contributed by atoms with E-state index < -0.39 is 0 Å². The zero-order valence-corrected chi connectivity index (χ0v) is 30.3. The molecular formula is C42H48N6O11. The van der Waals surface area contributed by atoms with Crippen molar-refractivity contribution in [1.29, 1.82) is 0 Å². The molecule has 0 unspecified atom stereocenters. The lowest BCUT2D eigenvalue weighted by atomic mass is 10.1. The van der Waals surface area contributed by atoms with Gasteiger partial charge in [0.05, 0.1) is 53.0 Å². The molecule has 0 saturated carbocycles. The van der Waals surface area contributed by atoms with Crippen molar-refractivity contribution in [2.45, 2.75) is 29.7 Å². The minimum atomic E-state index is -0.348. The molecule has 9 rings (SSSR count). The van der Waals surface area contributed by atoms with Crippen LogP contribution >= 0.6 is 0 Å². The number of hydrogen-bond acceptors (Lipinski definition) is 13. The smallest absolute Gasteiger partial charge is 0.277 e. The van der Waals surface area contributed by atoms with Gasteiger partial charge in [-0.3, -0.25) is 48.3 Å². The minimum Gasteiger partial charge on any atom is -0.497 e. The van der Waals surface area contributed by atoms with Gasteiger partial charge in [-0.25, -0.2) is 4.68 Å². The molecule has 17 nitrogen and oxygen atoms in total. The van der Waals surface area contributed by atoms with Crippen LogP contribution in [0.15, 0.2) is 77.6 Å². The second kappa shape index (κ2) is 19.1. The minimum absolute atomic E-state index is 0. The Morgan fingerprint density at radius 2 is 1.00 bits per heavy atom. The summed E-state index contributed by atoms with van der Waals surface area (Å²) in [5, 5.41) is 8.12. The highest BCUT2D eigenvalue weighted by Crippen LogP contribution is 2.38. The van der Waals surface area contributed by atoms with E-state index in [1.165, 1.54) is 40.0 Å². The standard InChI is InChI=1S/C11H11NO4.C10H7NO4.C9H7NO2.C8H7N3O.4CH4/c1-12-10(13)7-4-6(15-2)5-8(16-3)9(7)11(12)14;1-11-9(12)5-2-7-8(15-4-14-7)3-6(5)10(11)13;1-10-8(11)6-4-2-3-5-7(6)9(10)12;1-11-8(12)6-4-2-3-5-7(6)9-10-11;;;;/h4-5H,1-3H3;2-3H,4H2,1H3;2*2-5H,1H3;4*1H4. The van der Waals surface area contributed by atoms with Crippen molar-refractivity contribution in [3.05, 3.63) is 117 Å². The van der Waals surface area contributed by atoms with Gasteiger partial charge in [0.25, 0.3) is 41.0 Å². The Kier molecular flexibility index (Phi) is 15.5. The van der Waals surface area contributed by atoms with Crippen LogP contribution in [0.3, 0.4) is 0 Å². The van der Waals surface area contributed by atoms with Crippen LogP contribution in [0.25, 0.3) is 10.9 Å². The van der Waals surface area contributed by atoms with Gasteiger partial charge >= 0.3 is 0 Å². The topological polar surface area (TPSA) is 197 Å². The van der Waals surface area contributed by atoms with Crippen molar-refractivity contribution in [3.8, 4) is 23.0 Å². The van der Waals surface area contributed by atoms with Crippen LogP contribution in [0, 0.1) is 0 Å². The molecule has 1 aromatic heterocycles. The molecule has 0 bridgehead atoms. The first kappa shape index (κ1) is 47.7. The van der Waals surface area contributed by atoms with Crippen LogP contribution in [0.2, 0.25) is 0 Å². The molecule has 5 aromatic rings. The quantitative estimate of drug-likeness (QED) is 0.207. The molecule has 59 heavy (non-hydrogen) atoms. The van der Waals surface area contributed by atoms with E-state index in [1.54, 1.807) is 67.7 Å². The number of methoxy groups -OCH3 is 2. The summed E-state index contributed by atoms with van der Waals surface area (Å²) in [7, 11) is 8.91. The predicted molar refractivity (Wildman–Crippen MR) is 220 cm³/mol. The van der Waals surface area contributed by atoms with E-state index in [4.69, 9.17) is 18.9 Å². The molecule has 0 N–H and O–H groups in total. The maximum atomic E-state index is 11.8. The molecule has 4 aliphatic heterocycles. The van der Waals surface area contributed by atoms with Crippen molar-refractivity contribution >= 4 is 46.3 Å². The first-order valence-electron chi connectivity index (χ1n) is 16.3. The zero-order valence-electron chi connectivity index (χ0n) is 30.3. The van der Waals surface area contributed by atoms with Crippen LogP contribution in [0.4, 0.5) is 0 Å². The molecule has 4 aliphatic rings. The first-order valence-corrected chi connectivity index (χ1v) is 16.3. The van der Waals surface area contributed by atoms with Gasteiger partial charge in [0, 0.05) is 34.3 Å². The summed E-state index contributed by atoms with van der Waals surface area (Å²) in [5.74, 6) is 0.184. The number of aromatic nitrogens is 3. The maximum absolute atomic E-state index is 11.8. The van der Waals surface area contributed by atoms with Crippen LogP contribution in [0.1, 0.15) is 91.9 Å². The highest BCUT2D eigenvalue weighted by Gasteiger charge is 2.37. The van der Waals surface area contributed by atoms with E-state index in [2.05, 4.69) is 10.3 Å². The normalized spacial score (nSPS) is 13.4. The lowest BCUT2D eigenvalue weighted by Crippen LogP contribution is -2.24. The molecule has 0 fully saturated rings. The summed E-state index contributed by atoms with van der Waals surface area (Å²) in [4.78, 5) is 84.0. The van der Waals surface area contributed by atoms with Gasteiger partial charge in [0.1, 0.15) is 17.0 Å². The summed E-state index contributed by atoms with van der Waals surface area (Å²) < 4.78 is 21.6. The molecule has 17 heteroatoms. The van der Waals surface area contributed by atoms with E-state index in [9.17, 15) is 33.6 Å². The fourth-order valence-corrected chi connectivity index (χ4v) is 5.83. The van der Waals surface area contributed by atoms with Gasteiger partial charge in [-0.05, 0) is 42.5 Å². The number of benzene rings is 4. The molecule has 0 saturated heterocycles. The van der Waals surface area contributed by atoms with Gasteiger partial charge < -0.3 is 18.9 Å². The third-order valence-corrected chi connectivity index (χ3v) is 8.88. The largest absolute Gasteiger partial charge is 0.497 e. The summed E-state index contributed by atoms with van der Waals surface area (Å²) in [6.07, 6.45) is 0. The molecule has 5 heterocycles. The number of imide groups is 3. The lowest BCUT2D eigenvalue weighted by Gasteiger charge is -2.07. The fourth-order valence-electron chi connectivity index (χ4n) is 5.83. The first-order chi connectivity index (χ1) is 26.3. The third-order valence-electron chi connectivity index (χ3n) is 8.88. The van der Waals surface area contributed by atoms with E-state index in [0.717, 1.165) is 14.7 Å². The number of ether oxygens (including phenoxy) is 4. The van der Waals surface area contributed by atoms with Crippen molar-refractivity contribution in [3.63, 3.8) is 0 Å². The highest BCUT2D eigenvalue weighted by molar-refractivity contribution is 6.23. The van der Waals surface area contributed by atoms with Crippen molar-refractivity contribution in [2.24, 2.45) is 7.05 Å². The fraction of sp³-hybridized carbons (Fsp3) is 0.262. The van der Waals surface area contributed by atoms with E-state index in [0.29, 0.717) is 67.3 Å². The molecule has 312 valence electrons. The number of nitrogens with zero attached hydrogens (tertiary/aromatic N) is 6. The maximum Gasteiger partial charge on any atom is 0.277 e. The number of carbonyl (C=O) groups excluding carboxylic acids is 6. The second-order valence-electron chi connectivity index (χ2n) is 12.1. The van der Waals surface area contributed by atoms with Gasteiger partial charge in [-0.2, -0.15) is 0 Å². The average molecular weight is 813 g/mol. The van der Waals surface area contributed by atoms with Gasteiger partial charge in [-0.15, -0.1) is 5.10 Å². The Hall–Kier alpha value is -7.43. The van der Waals surface area contributed by atoms with Gasteiger partial charge in [-0.1, -0.05) is 59.2 Å². The molecule has 0 aliphatic carbocycles. The number of aryl methyl sites for hydroxylation is 1. The zero-order chi connectivity index (χ0) is 39.7. The van der Waals surface area contributed by atoms with Gasteiger partial charge in [0.15, 0.2) is 11.5 Å². The van der Waals surface area contributed by atoms with Crippen LogP contribution in [0.5, 0.6) is 23.0 Å². The number of hydrogen-bond donors (Lipinski definition) is 0. The molecule has 6 amide bonds. The van der Waals surface area contributed by atoms with Crippen molar-refractivity contribution in [1.82, 2.24) is 29.7 Å². The Balaban J connectivity index is 0.000000267.